The number of nitrogens with one attached hydrogen (secondary N) is 1. The maximum Gasteiger partial charge on any atom is 0.243 e. The van der Waals surface area contributed by atoms with Crippen LogP contribution in [0.4, 0.5) is 0 Å². The van der Waals surface area contributed by atoms with Crippen LogP contribution in [0.3, 0.4) is 0 Å². The Morgan fingerprint density at radius 2 is 1.74 bits per heavy atom. The maximum absolute atomic E-state index is 12.7. The highest BCUT2D eigenvalue weighted by Gasteiger charge is 2.53. The van der Waals surface area contributed by atoms with E-state index in [9.17, 15) is 8.42 Å². The Bertz CT molecular complexity index is 773. The largest absolute Gasteiger partial charge is 0.379 e. The second-order valence-corrected chi connectivity index (χ2v) is 10.7. The fourth-order valence-corrected chi connectivity index (χ4v) is 7.67. The van der Waals surface area contributed by atoms with Crippen molar-refractivity contribution in [3.63, 3.8) is 0 Å². The summed E-state index contributed by atoms with van der Waals surface area (Å²) in [6.07, 6.45) is 7.13. The lowest BCUT2D eigenvalue weighted by Crippen LogP contribution is -2.40. The summed E-state index contributed by atoms with van der Waals surface area (Å²) in [4.78, 5) is 0.391. The number of fused-ring (bicyclic) bond motifs is 5. The second-order valence-electron chi connectivity index (χ2n) is 8.80. The quantitative estimate of drug-likeness (QED) is 0.840. The first-order valence-electron chi connectivity index (χ1n) is 10.5. The van der Waals surface area contributed by atoms with Crippen LogP contribution in [0.25, 0.3) is 0 Å². The molecule has 1 saturated heterocycles. The van der Waals surface area contributed by atoms with Crippen molar-refractivity contribution in [1.29, 1.82) is 0 Å². The summed E-state index contributed by atoms with van der Waals surface area (Å²) in [7, 11) is -3.39. The molecule has 1 heterocycles. The average molecular weight is 391 g/mol. The fraction of sp³-hybridized carbons (Fsp3) is 0.714. The Kier molecular flexibility index (Phi) is 4.79. The van der Waals surface area contributed by atoms with Crippen molar-refractivity contribution < 1.29 is 13.2 Å². The molecule has 0 aromatic heterocycles. The van der Waals surface area contributed by atoms with Gasteiger partial charge in [-0.3, -0.25) is 0 Å². The van der Waals surface area contributed by atoms with Crippen molar-refractivity contribution in [3.05, 3.63) is 29.8 Å². The molecule has 5 rings (SSSR count). The zero-order chi connectivity index (χ0) is 18.4. The van der Waals surface area contributed by atoms with Crippen molar-refractivity contribution in [3.8, 4) is 0 Å². The molecule has 2 bridgehead atoms. The van der Waals surface area contributed by atoms with E-state index in [4.69, 9.17) is 4.74 Å². The summed E-state index contributed by atoms with van der Waals surface area (Å²) in [5, 5.41) is 3.79. The summed E-state index contributed by atoms with van der Waals surface area (Å²) in [6, 6.07) is 8.11. The lowest BCUT2D eigenvalue weighted by atomic mass is 9.79. The number of nitrogens with zero attached hydrogens (tertiary/aromatic N) is 1. The van der Waals surface area contributed by atoms with E-state index >= 15 is 0 Å². The third kappa shape index (κ3) is 3.24. The Morgan fingerprint density at radius 1 is 1.00 bits per heavy atom. The van der Waals surface area contributed by atoms with Crippen LogP contribution in [0.5, 0.6) is 0 Å². The van der Waals surface area contributed by atoms with Crippen LogP contribution >= 0.6 is 0 Å². The van der Waals surface area contributed by atoms with E-state index in [1.54, 1.807) is 12.1 Å². The van der Waals surface area contributed by atoms with Gasteiger partial charge in [0.25, 0.3) is 0 Å². The minimum Gasteiger partial charge on any atom is -0.379 e. The van der Waals surface area contributed by atoms with Gasteiger partial charge in [-0.1, -0.05) is 18.6 Å². The molecule has 5 atom stereocenters. The molecule has 4 fully saturated rings. The number of morpholine rings is 1. The lowest BCUT2D eigenvalue weighted by molar-refractivity contribution is 0.0730. The van der Waals surface area contributed by atoms with E-state index < -0.39 is 10.0 Å². The molecule has 0 spiro atoms. The minimum absolute atomic E-state index is 0.391. The molecule has 0 radical (unpaired) electrons. The highest BCUT2D eigenvalue weighted by molar-refractivity contribution is 7.89. The summed E-state index contributed by atoms with van der Waals surface area (Å²) in [6.45, 7) is 2.68. The molecular weight excluding hydrogens is 360 g/mol. The molecule has 5 nitrogen and oxygen atoms in total. The number of sulfonamides is 1. The van der Waals surface area contributed by atoms with Gasteiger partial charge >= 0.3 is 0 Å². The van der Waals surface area contributed by atoms with E-state index in [2.05, 4.69) is 5.32 Å². The standard InChI is InChI=1S/C21H30N2O3S/c24-27(25,23-8-10-26-11-9-23)17-6-4-15(5-7-17)14-22-21-13-16-12-20(21)19-3-1-2-18(16)19/h4-7,16,18-22H,1-3,8-14H2/t16-,18-,19+,20+,21+/m1/s1. The van der Waals surface area contributed by atoms with Gasteiger partial charge < -0.3 is 10.1 Å². The second kappa shape index (κ2) is 7.14. The van der Waals surface area contributed by atoms with Gasteiger partial charge in [-0.05, 0) is 67.1 Å². The smallest absolute Gasteiger partial charge is 0.243 e. The molecule has 4 aliphatic rings. The molecule has 0 amide bonds. The van der Waals surface area contributed by atoms with E-state index in [1.165, 1.54) is 42.0 Å². The zero-order valence-corrected chi connectivity index (χ0v) is 16.7. The van der Waals surface area contributed by atoms with Gasteiger partial charge in [0.1, 0.15) is 0 Å². The molecule has 1 aliphatic heterocycles. The summed E-state index contributed by atoms with van der Waals surface area (Å²) in [5.41, 5.74) is 1.17. The van der Waals surface area contributed by atoms with E-state index in [-0.39, 0.29) is 0 Å². The predicted molar refractivity (Wildman–Crippen MR) is 104 cm³/mol. The number of hydrogen-bond acceptors (Lipinski definition) is 4. The molecule has 1 N–H and O–H groups in total. The lowest BCUT2D eigenvalue weighted by Gasteiger charge is -2.32. The molecule has 3 aliphatic carbocycles. The Balaban J connectivity index is 1.20. The number of ether oxygens (including phenoxy) is 1. The Hall–Kier alpha value is -0.950. The zero-order valence-electron chi connectivity index (χ0n) is 15.8. The first-order chi connectivity index (χ1) is 13.1. The normalized spacial score (nSPS) is 36.2. The number of hydrogen-bond donors (Lipinski definition) is 1. The first kappa shape index (κ1) is 18.1. The highest BCUT2D eigenvalue weighted by Crippen LogP contribution is 2.58. The maximum atomic E-state index is 12.7. The van der Waals surface area contributed by atoms with Crippen molar-refractivity contribution in [2.24, 2.45) is 23.7 Å². The average Bonchev–Trinajstić information content (AvgIpc) is 3.41. The molecule has 6 heteroatoms. The van der Waals surface area contributed by atoms with Crippen LogP contribution in [0, 0.1) is 23.7 Å². The summed E-state index contributed by atoms with van der Waals surface area (Å²) < 4.78 is 32.2. The molecule has 0 unspecified atom stereocenters. The van der Waals surface area contributed by atoms with Crippen molar-refractivity contribution in [1.82, 2.24) is 9.62 Å². The van der Waals surface area contributed by atoms with Gasteiger partial charge in [0.05, 0.1) is 18.1 Å². The van der Waals surface area contributed by atoms with E-state index in [0.29, 0.717) is 37.2 Å². The molecule has 1 aromatic carbocycles. The van der Waals surface area contributed by atoms with Crippen LogP contribution in [-0.2, 0) is 21.3 Å². The van der Waals surface area contributed by atoms with Crippen LogP contribution < -0.4 is 5.32 Å². The number of benzene rings is 1. The van der Waals surface area contributed by atoms with Gasteiger partial charge in [-0.25, -0.2) is 8.42 Å². The highest BCUT2D eigenvalue weighted by atomic mass is 32.2. The van der Waals surface area contributed by atoms with E-state index in [1.807, 2.05) is 12.1 Å². The predicted octanol–water partition coefficient (Wildman–Crippen LogP) is 2.62. The van der Waals surface area contributed by atoms with E-state index in [0.717, 1.165) is 30.2 Å². The molecule has 27 heavy (non-hydrogen) atoms. The Morgan fingerprint density at radius 3 is 2.52 bits per heavy atom. The minimum atomic E-state index is -3.39. The van der Waals surface area contributed by atoms with Crippen LogP contribution in [0.1, 0.15) is 37.7 Å². The third-order valence-electron chi connectivity index (χ3n) is 7.53. The van der Waals surface area contributed by atoms with Gasteiger partial charge in [0.2, 0.25) is 10.0 Å². The monoisotopic (exact) mass is 390 g/mol. The summed E-state index contributed by atoms with van der Waals surface area (Å²) >= 11 is 0. The van der Waals surface area contributed by atoms with Gasteiger partial charge in [-0.15, -0.1) is 0 Å². The fourth-order valence-electron chi connectivity index (χ4n) is 6.27. The summed E-state index contributed by atoms with van der Waals surface area (Å²) in [5.74, 6) is 3.84. The first-order valence-corrected chi connectivity index (χ1v) is 12.0. The van der Waals surface area contributed by atoms with Crippen molar-refractivity contribution in [2.75, 3.05) is 26.3 Å². The van der Waals surface area contributed by atoms with Crippen molar-refractivity contribution in [2.45, 2.75) is 49.6 Å². The Labute approximate surface area is 162 Å². The van der Waals surface area contributed by atoms with Gasteiger partial charge in [-0.2, -0.15) is 4.31 Å². The molecular formula is C21H30N2O3S. The molecule has 148 valence electrons. The van der Waals surface area contributed by atoms with Crippen molar-refractivity contribution >= 4 is 10.0 Å². The topological polar surface area (TPSA) is 58.6 Å². The molecule has 1 aromatic rings. The number of rotatable bonds is 5. The third-order valence-corrected chi connectivity index (χ3v) is 9.44. The molecule has 3 saturated carbocycles. The van der Waals surface area contributed by atoms with Crippen LogP contribution in [-0.4, -0.2) is 45.1 Å². The van der Waals surface area contributed by atoms with Gasteiger partial charge in [0.15, 0.2) is 0 Å². The van der Waals surface area contributed by atoms with Crippen LogP contribution in [0.15, 0.2) is 29.2 Å². The van der Waals surface area contributed by atoms with Crippen LogP contribution in [0.2, 0.25) is 0 Å². The van der Waals surface area contributed by atoms with Gasteiger partial charge in [0, 0.05) is 25.7 Å². The SMILES string of the molecule is O=S(=O)(c1ccc(CN[C@H]2C[C@H]3C[C@H]2[C@H]2CCC[C@H]32)cc1)N1CCOCC1.